The minimum absolute atomic E-state index is 0.0796. The van der Waals surface area contributed by atoms with Gasteiger partial charge in [-0.3, -0.25) is 4.79 Å². The molecule has 1 aliphatic heterocycles. The second-order valence-electron chi connectivity index (χ2n) is 7.87. The lowest BCUT2D eigenvalue weighted by atomic mass is 9.90. The number of ether oxygens (including phenoxy) is 2. The Bertz CT molecular complexity index is 1260. The molecule has 0 saturated carbocycles. The van der Waals surface area contributed by atoms with Crippen LogP contribution in [0, 0.1) is 0 Å². The standard InChI is InChI=1S/C24H22N2O4/c1-24(13-22(27)28)23-18(10-11-30-24)19-12-17(8-9-21(19)26-23)29-14-16-7-6-15-4-2-3-5-20(15)25-16/h2-9,12,26H,10-11,13-14H2,1H3,(H,27,28). The van der Waals surface area contributed by atoms with Crippen LogP contribution in [0.1, 0.15) is 30.3 Å². The van der Waals surface area contributed by atoms with Crippen molar-refractivity contribution < 1.29 is 19.4 Å². The summed E-state index contributed by atoms with van der Waals surface area (Å²) < 4.78 is 11.9. The summed E-state index contributed by atoms with van der Waals surface area (Å²) in [6.45, 7) is 2.70. The van der Waals surface area contributed by atoms with E-state index < -0.39 is 11.6 Å². The number of hydrogen-bond acceptors (Lipinski definition) is 4. The molecule has 5 rings (SSSR count). The number of nitrogens with zero attached hydrogens (tertiary/aromatic N) is 1. The van der Waals surface area contributed by atoms with Crippen molar-refractivity contribution in [2.75, 3.05) is 6.61 Å². The van der Waals surface area contributed by atoms with Gasteiger partial charge in [-0.1, -0.05) is 24.3 Å². The number of benzene rings is 2. The molecule has 0 saturated heterocycles. The fraction of sp³-hybridized carbons (Fsp3) is 0.250. The molecule has 2 aromatic carbocycles. The first-order valence-electron chi connectivity index (χ1n) is 10.0. The Balaban J connectivity index is 1.43. The van der Waals surface area contributed by atoms with E-state index in [0.29, 0.717) is 13.2 Å². The van der Waals surface area contributed by atoms with Crippen molar-refractivity contribution in [3.8, 4) is 5.75 Å². The molecule has 0 spiro atoms. The maximum absolute atomic E-state index is 11.3. The van der Waals surface area contributed by atoms with Gasteiger partial charge >= 0.3 is 5.97 Å². The van der Waals surface area contributed by atoms with Gasteiger partial charge in [0.1, 0.15) is 18.0 Å². The predicted molar refractivity (Wildman–Crippen MR) is 114 cm³/mol. The molecule has 3 heterocycles. The summed E-state index contributed by atoms with van der Waals surface area (Å²) in [6.07, 6.45) is 0.657. The number of para-hydroxylation sites is 1. The average molecular weight is 402 g/mol. The topological polar surface area (TPSA) is 84.4 Å². The molecule has 152 valence electrons. The second kappa shape index (κ2) is 7.15. The quantitative estimate of drug-likeness (QED) is 0.511. The fourth-order valence-electron chi connectivity index (χ4n) is 4.25. The largest absolute Gasteiger partial charge is 0.487 e. The van der Waals surface area contributed by atoms with Gasteiger partial charge in [0.05, 0.1) is 29.9 Å². The monoisotopic (exact) mass is 402 g/mol. The second-order valence-corrected chi connectivity index (χ2v) is 7.87. The number of aromatic nitrogens is 2. The summed E-state index contributed by atoms with van der Waals surface area (Å²) in [5.41, 5.74) is 3.87. The van der Waals surface area contributed by atoms with E-state index in [1.807, 2.05) is 55.5 Å². The molecule has 6 nitrogen and oxygen atoms in total. The molecule has 0 radical (unpaired) electrons. The van der Waals surface area contributed by atoms with Crippen molar-refractivity contribution in [1.29, 1.82) is 0 Å². The van der Waals surface area contributed by atoms with Crippen LogP contribution in [0.4, 0.5) is 0 Å². The van der Waals surface area contributed by atoms with E-state index in [9.17, 15) is 9.90 Å². The number of carboxylic acids is 1. The zero-order valence-corrected chi connectivity index (χ0v) is 16.6. The van der Waals surface area contributed by atoms with Crippen LogP contribution < -0.4 is 4.74 Å². The summed E-state index contributed by atoms with van der Waals surface area (Å²) in [6, 6.07) is 17.9. The van der Waals surface area contributed by atoms with Gasteiger partial charge in [0, 0.05) is 16.3 Å². The first-order valence-corrected chi connectivity index (χ1v) is 10.0. The molecule has 2 aromatic heterocycles. The first-order chi connectivity index (χ1) is 14.5. The number of carbonyl (C=O) groups is 1. The van der Waals surface area contributed by atoms with E-state index in [1.54, 1.807) is 0 Å². The molecule has 0 aliphatic carbocycles. The number of aliphatic carboxylic acids is 1. The van der Waals surface area contributed by atoms with E-state index in [1.165, 1.54) is 0 Å². The molecule has 1 unspecified atom stereocenters. The van der Waals surface area contributed by atoms with Crippen LogP contribution in [0.3, 0.4) is 0 Å². The van der Waals surface area contributed by atoms with Crippen LogP contribution in [-0.2, 0) is 28.2 Å². The maximum atomic E-state index is 11.3. The van der Waals surface area contributed by atoms with Gasteiger partial charge in [0.25, 0.3) is 0 Å². The molecule has 0 bridgehead atoms. The summed E-state index contributed by atoms with van der Waals surface area (Å²) in [7, 11) is 0. The molecule has 0 fully saturated rings. The van der Waals surface area contributed by atoms with Crippen LogP contribution in [0.2, 0.25) is 0 Å². The number of nitrogens with one attached hydrogen (secondary N) is 1. The van der Waals surface area contributed by atoms with Gasteiger partial charge in [-0.2, -0.15) is 0 Å². The summed E-state index contributed by atoms with van der Waals surface area (Å²) in [4.78, 5) is 19.4. The van der Waals surface area contributed by atoms with Crippen LogP contribution >= 0.6 is 0 Å². The molecule has 4 aromatic rings. The van der Waals surface area contributed by atoms with E-state index in [4.69, 9.17) is 9.47 Å². The summed E-state index contributed by atoms with van der Waals surface area (Å²) >= 11 is 0. The lowest BCUT2D eigenvalue weighted by Crippen LogP contribution is -2.34. The van der Waals surface area contributed by atoms with Gasteiger partial charge in [-0.05, 0) is 49.2 Å². The number of aromatic amines is 1. The Morgan fingerprint density at radius 2 is 2.10 bits per heavy atom. The molecular weight excluding hydrogens is 380 g/mol. The third-order valence-electron chi connectivity index (χ3n) is 5.71. The third-order valence-corrected chi connectivity index (χ3v) is 5.71. The third kappa shape index (κ3) is 3.29. The molecule has 1 atom stereocenters. The highest BCUT2D eigenvalue weighted by atomic mass is 16.5. The van der Waals surface area contributed by atoms with Crippen molar-refractivity contribution in [2.45, 2.75) is 32.0 Å². The minimum atomic E-state index is -0.879. The van der Waals surface area contributed by atoms with Crippen molar-refractivity contribution in [1.82, 2.24) is 9.97 Å². The minimum Gasteiger partial charge on any atom is -0.487 e. The molecule has 1 aliphatic rings. The Labute approximate surface area is 173 Å². The molecule has 6 heteroatoms. The molecule has 2 N–H and O–H groups in total. The number of hydrogen-bond donors (Lipinski definition) is 2. The summed E-state index contributed by atoms with van der Waals surface area (Å²) in [5, 5.41) is 11.5. The predicted octanol–water partition coefficient (Wildman–Crippen LogP) is 4.56. The van der Waals surface area contributed by atoms with Crippen molar-refractivity contribution in [3.05, 3.63) is 71.5 Å². The van der Waals surface area contributed by atoms with Gasteiger partial charge in [0.2, 0.25) is 0 Å². The lowest BCUT2D eigenvalue weighted by Gasteiger charge is -2.32. The van der Waals surface area contributed by atoms with Crippen LogP contribution in [-0.4, -0.2) is 27.7 Å². The van der Waals surface area contributed by atoms with Gasteiger partial charge in [-0.25, -0.2) is 4.98 Å². The lowest BCUT2D eigenvalue weighted by molar-refractivity contribution is -0.146. The van der Waals surface area contributed by atoms with E-state index in [-0.39, 0.29) is 6.42 Å². The fourth-order valence-corrected chi connectivity index (χ4v) is 4.25. The maximum Gasteiger partial charge on any atom is 0.306 e. The Hall–Kier alpha value is -3.38. The van der Waals surface area contributed by atoms with Crippen LogP contribution in [0.5, 0.6) is 5.75 Å². The zero-order chi connectivity index (χ0) is 20.7. The number of carboxylic acid groups (broad SMARTS) is 1. The Morgan fingerprint density at radius 3 is 2.97 bits per heavy atom. The van der Waals surface area contributed by atoms with E-state index in [2.05, 4.69) is 16.0 Å². The number of fused-ring (bicyclic) bond motifs is 4. The average Bonchev–Trinajstić information content (AvgIpc) is 3.11. The first kappa shape index (κ1) is 18.6. The normalized spacial score (nSPS) is 18.4. The van der Waals surface area contributed by atoms with Crippen molar-refractivity contribution >= 4 is 27.8 Å². The van der Waals surface area contributed by atoms with E-state index >= 15 is 0 Å². The zero-order valence-electron chi connectivity index (χ0n) is 16.6. The van der Waals surface area contributed by atoms with Crippen LogP contribution in [0.25, 0.3) is 21.8 Å². The van der Waals surface area contributed by atoms with Gasteiger partial charge in [0.15, 0.2) is 0 Å². The molecule has 0 amide bonds. The molecule has 30 heavy (non-hydrogen) atoms. The Morgan fingerprint density at radius 1 is 1.23 bits per heavy atom. The van der Waals surface area contributed by atoms with Crippen LogP contribution in [0.15, 0.2) is 54.6 Å². The number of rotatable bonds is 5. The van der Waals surface area contributed by atoms with Gasteiger partial charge in [-0.15, -0.1) is 0 Å². The smallest absolute Gasteiger partial charge is 0.306 e. The number of H-pyrrole nitrogens is 1. The van der Waals surface area contributed by atoms with Crippen molar-refractivity contribution in [3.63, 3.8) is 0 Å². The Kier molecular flexibility index (Phi) is 4.44. The highest BCUT2D eigenvalue weighted by Gasteiger charge is 2.38. The summed E-state index contributed by atoms with van der Waals surface area (Å²) in [5.74, 6) is -0.124. The SMILES string of the molecule is CC1(CC(=O)O)OCCc2c1[nH]c1ccc(OCc3ccc4ccccc4n3)cc21. The molecular formula is C24H22N2O4. The van der Waals surface area contributed by atoms with E-state index in [0.717, 1.165) is 50.9 Å². The highest BCUT2D eigenvalue weighted by Crippen LogP contribution is 2.39. The highest BCUT2D eigenvalue weighted by molar-refractivity contribution is 5.87. The van der Waals surface area contributed by atoms with Crippen molar-refractivity contribution in [2.24, 2.45) is 0 Å². The number of pyridine rings is 1. The van der Waals surface area contributed by atoms with Gasteiger partial charge < -0.3 is 19.6 Å².